The molecule has 1 unspecified atom stereocenters. The molecule has 0 spiro atoms. The second-order valence-electron chi connectivity index (χ2n) is 6.66. The first-order valence-electron chi connectivity index (χ1n) is 7.32. The zero-order chi connectivity index (χ0) is 14.8. The Bertz CT molecular complexity index is 494. The normalized spacial score (nSPS) is 20.7. The summed E-state index contributed by atoms with van der Waals surface area (Å²) in [7, 11) is 1.64. The number of ether oxygens (including phenoxy) is 1. The Labute approximate surface area is 121 Å². The highest BCUT2D eigenvalue weighted by atomic mass is 16.5. The lowest BCUT2D eigenvalue weighted by molar-refractivity contribution is -0.121. The van der Waals surface area contributed by atoms with E-state index in [-0.39, 0.29) is 5.91 Å². The van der Waals surface area contributed by atoms with Gasteiger partial charge in [-0.2, -0.15) is 0 Å². The molecule has 1 aromatic rings. The van der Waals surface area contributed by atoms with Crippen molar-refractivity contribution in [2.24, 2.45) is 5.41 Å². The average molecular weight is 275 g/mol. The third kappa shape index (κ3) is 3.75. The Morgan fingerprint density at radius 3 is 2.80 bits per heavy atom. The molecule has 1 aromatic carbocycles. The molecule has 3 nitrogen and oxygen atoms in total. The molecule has 0 saturated heterocycles. The number of carbonyl (C=O) groups is 1. The standard InChI is InChI=1S/C17H25NO2/c1-12-5-6-15(20-4)13(9-12)10-16(19)18-14-7-8-17(2,3)11-14/h5-6,9,14H,7-8,10-11H2,1-4H3,(H,18,19). The Hall–Kier alpha value is -1.51. The monoisotopic (exact) mass is 275 g/mol. The molecule has 1 amide bonds. The molecule has 110 valence electrons. The molecule has 3 heteroatoms. The molecule has 1 aliphatic rings. The minimum Gasteiger partial charge on any atom is -0.496 e. The lowest BCUT2D eigenvalue weighted by atomic mass is 9.92. The van der Waals surface area contributed by atoms with Gasteiger partial charge in [0, 0.05) is 11.6 Å². The van der Waals surface area contributed by atoms with E-state index in [1.54, 1.807) is 7.11 Å². The van der Waals surface area contributed by atoms with E-state index in [9.17, 15) is 4.79 Å². The van der Waals surface area contributed by atoms with Crippen LogP contribution in [0.15, 0.2) is 18.2 Å². The summed E-state index contributed by atoms with van der Waals surface area (Å²) in [5, 5.41) is 3.16. The largest absolute Gasteiger partial charge is 0.496 e. The first kappa shape index (κ1) is 14.9. The highest BCUT2D eigenvalue weighted by Crippen LogP contribution is 2.36. The van der Waals surface area contributed by atoms with Gasteiger partial charge in [0.2, 0.25) is 5.91 Å². The van der Waals surface area contributed by atoms with Crippen LogP contribution in [0.1, 0.15) is 44.2 Å². The molecule has 0 aliphatic heterocycles. The molecule has 1 saturated carbocycles. The van der Waals surface area contributed by atoms with Crippen LogP contribution in [0.3, 0.4) is 0 Å². The van der Waals surface area contributed by atoms with Crippen LogP contribution in [-0.4, -0.2) is 19.1 Å². The zero-order valence-corrected chi connectivity index (χ0v) is 13.0. The lowest BCUT2D eigenvalue weighted by Gasteiger charge is -2.18. The van der Waals surface area contributed by atoms with E-state index in [0.717, 1.165) is 29.7 Å². The quantitative estimate of drug-likeness (QED) is 0.916. The van der Waals surface area contributed by atoms with Gasteiger partial charge in [-0.3, -0.25) is 4.79 Å². The van der Waals surface area contributed by atoms with Gasteiger partial charge in [-0.15, -0.1) is 0 Å². The van der Waals surface area contributed by atoms with Crippen molar-refractivity contribution >= 4 is 5.91 Å². The maximum Gasteiger partial charge on any atom is 0.224 e. The molecular weight excluding hydrogens is 250 g/mol. The predicted molar refractivity (Wildman–Crippen MR) is 81.0 cm³/mol. The Morgan fingerprint density at radius 2 is 2.20 bits per heavy atom. The first-order valence-corrected chi connectivity index (χ1v) is 7.32. The first-order chi connectivity index (χ1) is 9.39. The second-order valence-corrected chi connectivity index (χ2v) is 6.66. The molecule has 1 atom stereocenters. The fraction of sp³-hybridized carbons (Fsp3) is 0.588. The van der Waals surface area contributed by atoms with Crippen molar-refractivity contribution in [3.8, 4) is 5.75 Å². The minimum absolute atomic E-state index is 0.0941. The van der Waals surface area contributed by atoms with Crippen molar-refractivity contribution in [2.45, 2.75) is 52.5 Å². The van der Waals surface area contributed by atoms with Gasteiger partial charge in [0.1, 0.15) is 5.75 Å². The van der Waals surface area contributed by atoms with E-state index >= 15 is 0 Å². The van der Waals surface area contributed by atoms with Crippen LogP contribution < -0.4 is 10.1 Å². The number of amides is 1. The van der Waals surface area contributed by atoms with Crippen molar-refractivity contribution in [3.63, 3.8) is 0 Å². The maximum absolute atomic E-state index is 12.2. The maximum atomic E-state index is 12.2. The van der Waals surface area contributed by atoms with Gasteiger partial charge in [0.05, 0.1) is 13.5 Å². The van der Waals surface area contributed by atoms with Gasteiger partial charge in [-0.25, -0.2) is 0 Å². The third-order valence-corrected chi connectivity index (χ3v) is 4.12. The highest BCUT2D eigenvalue weighted by Gasteiger charge is 2.31. The molecule has 0 aromatic heterocycles. The Kier molecular flexibility index (Phi) is 4.36. The van der Waals surface area contributed by atoms with Crippen molar-refractivity contribution in [1.29, 1.82) is 0 Å². The van der Waals surface area contributed by atoms with Crippen LogP contribution in [0, 0.1) is 12.3 Å². The van der Waals surface area contributed by atoms with E-state index in [0.29, 0.717) is 17.9 Å². The highest BCUT2D eigenvalue weighted by molar-refractivity contribution is 5.79. The summed E-state index contributed by atoms with van der Waals surface area (Å²) in [6.45, 7) is 6.56. The van der Waals surface area contributed by atoms with E-state index in [1.165, 1.54) is 6.42 Å². The number of nitrogens with one attached hydrogen (secondary N) is 1. The summed E-state index contributed by atoms with van der Waals surface area (Å²) in [6, 6.07) is 6.28. The molecular formula is C17H25NO2. The van der Waals surface area contributed by atoms with Gasteiger partial charge in [-0.05, 0) is 37.7 Å². The number of carbonyl (C=O) groups excluding carboxylic acids is 1. The smallest absolute Gasteiger partial charge is 0.224 e. The van der Waals surface area contributed by atoms with Crippen molar-refractivity contribution in [1.82, 2.24) is 5.32 Å². The number of rotatable bonds is 4. The van der Waals surface area contributed by atoms with E-state index < -0.39 is 0 Å². The van der Waals surface area contributed by atoms with E-state index in [2.05, 4.69) is 19.2 Å². The summed E-state index contributed by atoms with van der Waals surface area (Å²) in [5.41, 5.74) is 2.47. The molecule has 0 heterocycles. The summed E-state index contributed by atoms with van der Waals surface area (Å²) >= 11 is 0. The molecule has 2 rings (SSSR count). The van der Waals surface area contributed by atoms with Crippen LogP contribution >= 0.6 is 0 Å². The van der Waals surface area contributed by atoms with Crippen molar-refractivity contribution < 1.29 is 9.53 Å². The van der Waals surface area contributed by atoms with Gasteiger partial charge in [0.15, 0.2) is 0 Å². The molecule has 0 bridgehead atoms. The number of methoxy groups -OCH3 is 1. The number of benzene rings is 1. The van der Waals surface area contributed by atoms with Crippen molar-refractivity contribution in [2.75, 3.05) is 7.11 Å². The number of aryl methyl sites for hydroxylation is 1. The fourth-order valence-corrected chi connectivity index (χ4v) is 3.06. The van der Waals surface area contributed by atoms with Gasteiger partial charge in [-0.1, -0.05) is 31.5 Å². The van der Waals surface area contributed by atoms with Crippen LogP contribution in [0.2, 0.25) is 0 Å². The van der Waals surface area contributed by atoms with Crippen LogP contribution in [0.5, 0.6) is 5.75 Å². The summed E-state index contributed by atoms with van der Waals surface area (Å²) in [5.74, 6) is 0.883. The summed E-state index contributed by atoms with van der Waals surface area (Å²) in [6.07, 6.45) is 3.74. The summed E-state index contributed by atoms with van der Waals surface area (Å²) < 4.78 is 5.32. The summed E-state index contributed by atoms with van der Waals surface area (Å²) in [4.78, 5) is 12.2. The number of hydrogen-bond donors (Lipinski definition) is 1. The van der Waals surface area contributed by atoms with E-state index in [4.69, 9.17) is 4.74 Å². The molecule has 1 aliphatic carbocycles. The van der Waals surface area contributed by atoms with Crippen LogP contribution in [0.25, 0.3) is 0 Å². The fourth-order valence-electron chi connectivity index (χ4n) is 3.06. The minimum atomic E-state index is 0.0941. The van der Waals surface area contributed by atoms with Gasteiger partial charge in [0.25, 0.3) is 0 Å². The second kappa shape index (κ2) is 5.86. The molecule has 0 radical (unpaired) electrons. The lowest BCUT2D eigenvalue weighted by Crippen LogP contribution is -2.34. The number of hydrogen-bond acceptors (Lipinski definition) is 2. The third-order valence-electron chi connectivity index (χ3n) is 4.12. The zero-order valence-electron chi connectivity index (χ0n) is 13.0. The SMILES string of the molecule is COc1ccc(C)cc1CC(=O)NC1CCC(C)(C)C1. The van der Waals surface area contributed by atoms with Crippen LogP contribution in [-0.2, 0) is 11.2 Å². The van der Waals surface area contributed by atoms with Gasteiger partial charge >= 0.3 is 0 Å². The molecule has 1 N–H and O–H groups in total. The van der Waals surface area contributed by atoms with Crippen LogP contribution in [0.4, 0.5) is 0 Å². The molecule has 20 heavy (non-hydrogen) atoms. The topological polar surface area (TPSA) is 38.3 Å². The Morgan fingerprint density at radius 1 is 1.45 bits per heavy atom. The Balaban J connectivity index is 1.97. The predicted octanol–water partition coefficient (Wildman–Crippen LogP) is 3.24. The molecule has 1 fully saturated rings. The average Bonchev–Trinajstić information content (AvgIpc) is 2.68. The van der Waals surface area contributed by atoms with E-state index in [1.807, 2.05) is 25.1 Å². The van der Waals surface area contributed by atoms with Gasteiger partial charge < -0.3 is 10.1 Å². The van der Waals surface area contributed by atoms with Crippen molar-refractivity contribution in [3.05, 3.63) is 29.3 Å².